The number of rotatable bonds is 4. The number of carbonyl (C=O) groups excluding carboxylic acids is 1. The van der Waals surface area contributed by atoms with Gasteiger partial charge < -0.3 is 10.1 Å². The summed E-state index contributed by atoms with van der Waals surface area (Å²) < 4.78 is 6.23. The van der Waals surface area contributed by atoms with Crippen molar-refractivity contribution in [1.82, 2.24) is 9.99 Å². The molecule has 0 radical (unpaired) electrons. The standard InChI is InChI=1S/C13H14N4O2S/c1-8-5-12(18)17(16-8)7-14-13-15-10-4-3-9(19-2)6-11(10)20-13/h3-4,6H,5,7H2,1-2H3,(H,14,15). The Hall–Kier alpha value is -2.15. The summed E-state index contributed by atoms with van der Waals surface area (Å²) >= 11 is 1.52. The van der Waals surface area contributed by atoms with Crippen LogP contribution in [-0.4, -0.2) is 35.4 Å². The van der Waals surface area contributed by atoms with Gasteiger partial charge in [-0.15, -0.1) is 0 Å². The van der Waals surface area contributed by atoms with Crippen molar-refractivity contribution in [3.05, 3.63) is 18.2 Å². The zero-order valence-corrected chi connectivity index (χ0v) is 12.0. The summed E-state index contributed by atoms with van der Waals surface area (Å²) in [4.78, 5) is 16.1. The number of benzene rings is 1. The lowest BCUT2D eigenvalue weighted by molar-refractivity contribution is -0.128. The van der Waals surface area contributed by atoms with Gasteiger partial charge in [-0.3, -0.25) is 4.79 Å². The van der Waals surface area contributed by atoms with Gasteiger partial charge in [-0.1, -0.05) is 11.3 Å². The van der Waals surface area contributed by atoms with Crippen LogP contribution in [0, 0.1) is 0 Å². The number of carbonyl (C=O) groups is 1. The lowest BCUT2D eigenvalue weighted by Gasteiger charge is -2.11. The number of amides is 1. The molecule has 0 unspecified atom stereocenters. The number of nitrogens with one attached hydrogen (secondary N) is 1. The number of aromatic nitrogens is 1. The van der Waals surface area contributed by atoms with E-state index in [1.54, 1.807) is 7.11 Å². The van der Waals surface area contributed by atoms with Gasteiger partial charge in [0.15, 0.2) is 5.13 Å². The number of hydrogen-bond acceptors (Lipinski definition) is 6. The number of thiazole rings is 1. The molecule has 20 heavy (non-hydrogen) atoms. The van der Waals surface area contributed by atoms with Crippen LogP contribution in [0.3, 0.4) is 0 Å². The second-order valence-corrected chi connectivity index (χ2v) is 5.52. The maximum atomic E-state index is 11.6. The first kappa shape index (κ1) is 12.9. The Balaban J connectivity index is 1.73. The van der Waals surface area contributed by atoms with E-state index in [0.29, 0.717) is 13.1 Å². The monoisotopic (exact) mass is 290 g/mol. The fourth-order valence-corrected chi connectivity index (χ4v) is 2.86. The van der Waals surface area contributed by atoms with Crippen LogP contribution in [0.4, 0.5) is 5.13 Å². The van der Waals surface area contributed by atoms with Gasteiger partial charge in [0.05, 0.1) is 23.7 Å². The van der Waals surface area contributed by atoms with Crippen molar-refractivity contribution < 1.29 is 9.53 Å². The number of nitrogens with zero attached hydrogens (tertiary/aromatic N) is 3. The molecule has 0 saturated carbocycles. The minimum atomic E-state index is 0.0118. The summed E-state index contributed by atoms with van der Waals surface area (Å²) in [7, 11) is 1.64. The van der Waals surface area contributed by atoms with Crippen molar-refractivity contribution in [2.24, 2.45) is 5.10 Å². The summed E-state index contributed by atoms with van der Waals surface area (Å²) in [6, 6.07) is 5.74. The molecule has 1 N–H and O–H groups in total. The fourth-order valence-electron chi connectivity index (χ4n) is 1.98. The average Bonchev–Trinajstić information content (AvgIpc) is 2.98. The van der Waals surface area contributed by atoms with Crippen LogP contribution >= 0.6 is 11.3 Å². The number of fused-ring (bicyclic) bond motifs is 1. The van der Waals surface area contributed by atoms with Crippen LogP contribution in [0.15, 0.2) is 23.3 Å². The first-order chi connectivity index (χ1) is 9.65. The Morgan fingerprint density at radius 1 is 1.50 bits per heavy atom. The molecular formula is C13H14N4O2S. The fraction of sp³-hybridized carbons (Fsp3) is 0.308. The summed E-state index contributed by atoms with van der Waals surface area (Å²) in [6.07, 6.45) is 0.402. The van der Waals surface area contributed by atoms with E-state index in [0.717, 1.165) is 26.8 Å². The Morgan fingerprint density at radius 3 is 3.05 bits per heavy atom. The van der Waals surface area contributed by atoms with Crippen molar-refractivity contribution in [3.63, 3.8) is 0 Å². The molecule has 2 aromatic rings. The summed E-state index contributed by atoms with van der Waals surface area (Å²) in [5.41, 5.74) is 1.75. The van der Waals surface area contributed by atoms with E-state index in [1.165, 1.54) is 16.3 Å². The van der Waals surface area contributed by atoms with Crippen molar-refractivity contribution in [1.29, 1.82) is 0 Å². The molecule has 0 bridgehead atoms. The van der Waals surface area contributed by atoms with Gasteiger partial charge in [-0.2, -0.15) is 5.10 Å². The quantitative estimate of drug-likeness (QED) is 0.938. The second-order valence-electron chi connectivity index (χ2n) is 4.49. The van der Waals surface area contributed by atoms with Crippen molar-refractivity contribution in [2.75, 3.05) is 19.1 Å². The predicted octanol–water partition coefficient (Wildman–Crippen LogP) is 2.28. The summed E-state index contributed by atoms with van der Waals surface area (Å²) in [6.45, 7) is 2.19. The summed E-state index contributed by atoms with van der Waals surface area (Å²) in [5.74, 6) is 0.820. The third-order valence-electron chi connectivity index (χ3n) is 2.96. The van der Waals surface area contributed by atoms with Crippen LogP contribution in [-0.2, 0) is 4.79 Å². The molecule has 1 aromatic heterocycles. The van der Waals surface area contributed by atoms with Gasteiger partial charge >= 0.3 is 0 Å². The highest BCUT2D eigenvalue weighted by molar-refractivity contribution is 7.22. The smallest absolute Gasteiger partial charge is 0.250 e. The van der Waals surface area contributed by atoms with E-state index in [1.807, 2.05) is 25.1 Å². The van der Waals surface area contributed by atoms with Crippen LogP contribution < -0.4 is 10.1 Å². The van der Waals surface area contributed by atoms with Crippen LogP contribution in [0.2, 0.25) is 0 Å². The maximum Gasteiger partial charge on any atom is 0.250 e. The minimum Gasteiger partial charge on any atom is -0.497 e. The molecule has 3 rings (SSSR count). The molecule has 0 atom stereocenters. The van der Waals surface area contributed by atoms with Gasteiger partial charge in [0.25, 0.3) is 0 Å². The third-order valence-corrected chi connectivity index (χ3v) is 3.94. The number of ether oxygens (including phenoxy) is 1. The van der Waals surface area contributed by atoms with Crippen molar-refractivity contribution in [3.8, 4) is 5.75 Å². The lowest BCUT2D eigenvalue weighted by Crippen LogP contribution is -2.26. The van der Waals surface area contributed by atoms with Gasteiger partial charge in [0.1, 0.15) is 12.4 Å². The van der Waals surface area contributed by atoms with E-state index in [2.05, 4.69) is 15.4 Å². The SMILES string of the molecule is COc1ccc2nc(NCN3N=C(C)CC3=O)sc2c1. The lowest BCUT2D eigenvalue weighted by atomic mass is 10.3. The zero-order valence-electron chi connectivity index (χ0n) is 11.2. The van der Waals surface area contributed by atoms with E-state index < -0.39 is 0 Å². The number of hydrazone groups is 1. The molecule has 0 aliphatic carbocycles. The zero-order chi connectivity index (χ0) is 14.1. The van der Waals surface area contributed by atoms with Crippen LogP contribution in [0.25, 0.3) is 10.2 Å². The van der Waals surface area contributed by atoms with Crippen molar-refractivity contribution >= 4 is 38.3 Å². The molecule has 1 aromatic carbocycles. The number of anilines is 1. The first-order valence-corrected chi connectivity index (χ1v) is 7.00. The molecule has 0 saturated heterocycles. The van der Waals surface area contributed by atoms with Crippen LogP contribution in [0.5, 0.6) is 5.75 Å². The maximum absolute atomic E-state index is 11.6. The van der Waals surface area contributed by atoms with Crippen molar-refractivity contribution in [2.45, 2.75) is 13.3 Å². The van der Waals surface area contributed by atoms with Gasteiger partial charge in [0, 0.05) is 5.71 Å². The molecule has 0 fully saturated rings. The molecule has 7 heteroatoms. The van der Waals surface area contributed by atoms with E-state index >= 15 is 0 Å². The molecule has 2 heterocycles. The molecule has 0 spiro atoms. The first-order valence-electron chi connectivity index (χ1n) is 6.18. The average molecular weight is 290 g/mol. The molecule has 6 nitrogen and oxygen atoms in total. The second kappa shape index (κ2) is 5.09. The minimum absolute atomic E-state index is 0.0118. The number of methoxy groups -OCH3 is 1. The van der Waals surface area contributed by atoms with Gasteiger partial charge in [-0.25, -0.2) is 9.99 Å². The third kappa shape index (κ3) is 2.44. The summed E-state index contributed by atoms with van der Waals surface area (Å²) in [5, 5.41) is 9.49. The largest absolute Gasteiger partial charge is 0.497 e. The van der Waals surface area contributed by atoms with Gasteiger partial charge in [0.2, 0.25) is 5.91 Å². The number of hydrogen-bond donors (Lipinski definition) is 1. The highest BCUT2D eigenvalue weighted by Crippen LogP contribution is 2.29. The molecule has 1 aliphatic rings. The molecular weight excluding hydrogens is 276 g/mol. The predicted molar refractivity (Wildman–Crippen MR) is 79.2 cm³/mol. The Morgan fingerprint density at radius 2 is 2.35 bits per heavy atom. The van der Waals surface area contributed by atoms with Gasteiger partial charge in [-0.05, 0) is 25.1 Å². The van der Waals surface area contributed by atoms with E-state index in [9.17, 15) is 4.79 Å². The Labute approximate surface area is 120 Å². The highest BCUT2D eigenvalue weighted by Gasteiger charge is 2.20. The topological polar surface area (TPSA) is 66.8 Å². The van der Waals surface area contributed by atoms with E-state index in [4.69, 9.17) is 4.74 Å². The normalized spacial score (nSPS) is 14.8. The molecule has 104 valence electrons. The molecule has 1 aliphatic heterocycles. The molecule has 1 amide bonds. The highest BCUT2D eigenvalue weighted by atomic mass is 32.1. The van der Waals surface area contributed by atoms with Crippen LogP contribution in [0.1, 0.15) is 13.3 Å². The van der Waals surface area contributed by atoms with E-state index in [-0.39, 0.29) is 5.91 Å². The Bertz CT molecular complexity index is 695. The Kier molecular flexibility index (Phi) is 3.27.